The van der Waals surface area contributed by atoms with Crippen LogP contribution in [0.4, 0.5) is 0 Å². The van der Waals surface area contributed by atoms with Crippen LogP contribution in [0.5, 0.6) is 5.75 Å². The first-order chi connectivity index (χ1) is 10.2. The minimum absolute atomic E-state index is 0.884. The molecule has 0 unspecified atom stereocenters. The highest BCUT2D eigenvalue weighted by Crippen LogP contribution is 2.29. The van der Waals surface area contributed by atoms with Crippen LogP contribution in [0.25, 0.3) is 5.57 Å². The zero-order valence-electron chi connectivity index (χ0n) is 13.3. The van der Waals surface area contributed by atoms with Gasteiger partial charge >= 0.3 is 0 Å². The van der Waals surface area contributed by atoms with Gasteiger partial charge in [-0.2, -0.15) is 0 Å². The van der Waals surface area contributed by atoms with Gasteiger partial charge in [-0.3, -0.25) is 0 Å². The standard InChI is InChI=1S/C18H24N2O/c1-4-5-6-10-20-11-9-16-15-8-7-14(21-3)12-17(15)19-18(16)13(20)2/h7-8,12H,4-6,9-11H2,1-3H3. The van der Waals surface area contributed by atoms with Gasteiger partial charge in [-0.1, -0.05) is 19.8 Å². The van der Waals surface area contributed by atoms with Gasteiger partial charge in [0.1, 0.15) is 5.75 Å². The van der Waals surface area contributed by atoms with Crippen LogP contribution in [0, 0.1) is 0 Å². The number of benzene rings is 1. The molecule has 112 valence electrons. The lowest BCUT2D eigenvalue weighted by atomic mass is 10.0. The quantitative estimate of drug-likeness (QED) is 0.776. The second kappa shape index (κ2) is 5.92. The monoisotopic (exact) mass is 284 g/mol. The van der Waals surface area contributed by atoms with E-state index in [0.717, 1.165) is 30.6 Å². The van der Waals surface area contributed by atoms with Gasteiger partial charge in [0.2, 0.25) is 0 Å². The molecule has 0 amide bonds. The Morgan fingerprint density at radius 1 is 1.29 bits per heavy atom. The van der Waals surface area contributed by atoms with E-state index in [0.29, 0.717) is 0 Å². The van der Waals surface area contributed by atoms with Crippen LogP contribution < -0.4 is 15.3 Å². The number of allylic oxidation sites excluding steroid dienone is 2. The van der Waals surface area contributed by atoms with E-state index in [9.17, 15) is 0 Å². The van der Waals surface area contributed by atoms with Gasteiger partial charge in [0.25, 0.3) is 0 Å². The van der Waals surface area contributed by atoms with Crippen LogP contribution in [0.2, 0.25) is 0 Å². The normalized spacial score (nSPS) is 16.7. The van der Waals surface area contributed by atoms with Crippen LogP contribution in [-0.2, 0) is 0 Å². The summed E-state index contributed by atoms with van der Waals surface area (Å²) < 4.78 is 5.31. The Balaban J connectivity index is 1.95. The van der Waals surface area contributed by atoms with Crippen molar-refractivity contribution in [3.63, 3.8) is 0 Å². The zero-order valence-corrected chi connectivity index (χ0v) is 13.3. The minimum Gasteiger partial charge on any atom is -0.497 e. The van der Waals surface area contributed by atoms with Crippen molar-refractivity contribution in [3.8, 4) is 5.75 Å². The summed E-state index contributed by atoms with van der Waals surface area (Å²) in [5, 5.41) is 2.35. The fourth-order valence-electron chi connectivity index (χ4n) is 3.25. The number of methoxy groups -OCH3 is 1. The summed E-state index contributed by atoms with van der Waals surface area (Å²) in [5.74, 6) is 0.884. The molecule has 0 aliphatic carbocycles. The van der Waals surface area contributed by atoms with Gasteiger partial charge in [-0.25, -0.2) is 4.99 Å². The summed E-state index contributed by atoms with van der Waals surface area (Å²) in [4.78, 5) is 7.36. The van der Waals surface area contributed by atoms with Gasteiger partial charge in [-0.15, -0.1) is 0 Å². The molecule has 0 N–H and O–H groups in total. The highest BCUT2D eigenvalue weighted by molar-refractivity contribution is 5.68. The fraction of sp³-hybridized carbons (Fsp3) is 0.500. The van der Waals surface area contributed by atoms with Gasteiger partial charge in [0.15, 0.2) is 0 Å². The molecule has 0 bridgehead atoms. The molecule has 0 atom stereocenters. The summed E-state index contributed by atoms with van der Waals surface area (Å²) >= 11 is 0. The predicted octanol–water partition coefficient (Wildman–Crippen LogP) is 2.61. The van der Waals surface area contributed by atoms with Crippen molar-refractivity contribution in [2.24, 2.45) is 4.99 Å². The molecule has 1 aromatic carbocycles. The number of ether oxygens (including phenoxy) is 1. The van der Waals surface area contributed by atoms with Gasteiger partial charge < -0.3 is 9.64 Å². The topological polar surface area (TPSA) is 24.8 Å². The average molecular weight is 284 g/mol. The third-order valence-electron chi connectivity index (χ3n) is 4.53. The van der Waals surface area contributed by atoms with Crippen molar-refractivity contribution in [1.82, 2.24) is 4.90 Å². The lowest BCUT2D eigenvalue weighted by molar-refractivity contribution is 0.332. The number of hydrogen-bond acceptors (Lipinski definition) is 3. The van der Waals surface area contributed by atoms with E-state index in [2.05, 4.69) is 24.8 Å². The molecule has 0 spiro atoms. The average Bonchev–Trinajstić information content (AvgIpc) is 2.88. The number of nitrogens with zero attached hydrogens (tertiary/aromatic N) is 2. The molecule has 21 heavy (non-hydrogen) atoms. The molecule has 2 aliphatic heterocycles. The first-order valence-electron chi connectivity index (χ1n) is 7.96. The second-order valence-corrected chi connectivity index (χ2v) is 5.85. The number of rotatable bonds is 5. The van der Waals surface area contributed by atoms with Gasteiger partial charge in [0, 0.05) is 30.1 Å². The molecular formula is C18H24N2O. The first kappa shape index (κ1) is 14.2. The highest BCUT2D eigenvalue weighted by atomic mass is 16.5. The Bertz CT molecular complexity index is 688. The molecule has 2 heterocycles. The molecule has 3 rings (SSSR count). The van der Waals surface area contributed by atoms with Crippen LogP contribution in [0.3, 0.4) is 0 Å². The SMILES string of the molecule is CCCCCN1CCC2=c3ccc(OC)cc3=NC2=C1C. The largest absolute Gasteiger partial charge is 0.497 e. The Morgan fingerprint density at radius 3 is 2.90 bits per heavy atom. The lowest BCUT2D eigenvalue weighted by Crippen LogP contribution is -2.30. The molecule has 0 saturated carbocycles. The highest BCUT2D eigenvalue weighted by Gasteiger charge is 2.23. The molecule has 2 aliphatic rings. The van der Waals surface area contributed by atoms with Crippen LogP contribution in [0.15, 0.2) is 34.6 Å². The number of hydrogen-bond donors (Lipinski definition) is 0. The van der Waals surface area contributed by atoms with Crippen LogP contribution in [-0.4, -0.2) is 25.1 Å². The van der Waals surface area contributed by atoms with E-state index >= 15 is 0 Å². The summed E-state index contributed by atoms with van der Waals surface area (Å²) in [5.41, 5.74) is 3.94. The van der Waals surface area contributed by atoms with Crippen molar-refractivity contribution < 1.29 is 4.74 Å². The molecule has 0 aromatic heterocycles. The molecule has 1 aromatic rings. The third-order valence-corrected chi connectivity index (χ3v) is 4.53. The van der Waals surface area contributed by atoms with Gasteiger partial charge in [0.05, 0.1) is 18.2 Å². The fourth-order valence-corrected chi connectivity index (χ4v) is 3.25. The van der Waals surface area contributed by atoms with Crippen molar-refractivity contribution in [1.29, 1.82) is 0 Å². The van der Waals surface area contributed by atoms with Crippen molar-refractivity contribution in [2.75, 3.05) is 20.2 Å². The number of unbranched alkanes of at least 4 members (excludes halogenated alkanes) is 2. The maximum atomic E-state index is 5.31. The molecule has 3 heteroatoms. The van der Waals surface area contributed by atoms with E-state index < -0.39 is 0 Å². The van der Waals surface area contributed by atoms with Crippen molar-refractivity contribution in [3.05, 3.63) is 40.2 Å². The first-order valence-corrected chi connectivity index (χ1v) is 7.96. The molecule has 3 nitrogen and oxygen atoms in total. The van der Waals surface area contributed by atoms with E-state index in [1.54, 1.807) is 7.11 Å². The smallest absolute Gasteiger partial charge is 0.121 e. The maximum absolute atomic E-state index is 5.31. The summed E-state index contributed by atoms with van der Waals surface area (Å²) in [6.45, 7) is 6.75. The van der Waals surface area contributed by atoms with E-state index in [1.807, 2.05) is 12.1 Å². The Hall–Kier alpha value is -1.77. The molecule has 0 saturated heterocycles. The Labute approximate surface area is 126 Å². The summed E-state index contributed by atoms with van der Waals surface area (Å²) in [7, 11) is 1.71. The van der Waals surface area contributed by atoms with E-state index in [-0.39, 0.29) is 0 Å². The predicted molar refractivity (Wildman–Crippen MR) is 85.6 cm³/mol. The maximum Gasteiger partial charge on any atom is 0.121 e. The summed E-state index contributed by atoms with van der Waals surface area (Å²) in [6, 6.07) is 6.23. The van der Waals surface area contributed by atoms with Crippen molar-refractivity contribution in [2.45, 2.75) is 39.5 Å². The Kier molecular flexibility index (Phi) is 4.00. The molecule has 0 fully saturated rings. The molecule has 0 radical (unpaired) electrons. The third kappa shape index (κ3) is 2.57. The van der Waals surface area contributed by atoms with Crippen molar-refractivity contribution >= 4 is 5.57 Å². The Morgan fingerprint density at radius 2 is 2.14 bits per heavy atom. The van der Waals surface area contributed by atoms with Crippen LogP contribution >= 0.6 is 0 Å². The van der Waals surface area contributed by atoms with Crippen LogP contribution in [0.1, 0.15) is 39.5 Å². The second-order valence-electron chi connectivity index (χ2n) is 5.85. The lowest BCUT2D eigenvalue weighted by Gasteiger charge is -2.31. The van der Waals surface area contributed by atoms with E-state index in [1.165, 1.54) is 41.4 Å². The zero-order chi connectivity index (χ0) is 14.8. The van der Waals surface area contributed by atoms with E-state index in [4.69, 9.17) is 9.73 Å². The van der Waals surface area contributed by atoms with Gasteiger partial charge in [-0.05, 0) is 37.5 Å². The molecular weight excluding hydrogens is 260 g/mol. The minimum atomic E-state index is 0.884. The number of fused-ring (bicyclic) bond motifs is 2. The summed E-state index contributed by atoms with van der Waals surface area (Å²) in [6.07, 6.45) is 4.96.